The molecule has 2 aromatic carbocycles. The number of hydrogen-bond acceptors (Lipinski definition) is 6. The zero-order valence-electron chi connectivity index (χ0n) is 17.3. The highest BCUT2D eigenvalue weighted by atomic mass is 16.6. The van der Waals surface area contributed by atoms with Crippen molar-refractivity contribution < 1.29 is 23.8 Å². The molecular formula is C24H22N2O5. The Kier molecular flexibility index (Phi) is 8.62. The predicted molar refractivity (Wildman–Crippen MR) is 117 cm³/mol. The summed E-state index contributed by atoms with van der Waals surface area (Å²) in [5.41, 5.74) is 1.27. The Morgan fingerprint density at radius 1 is 1.06 bits per heavy atom. The van der Waals surface area contributed by atoms with Gasteiger partial charge in [-0.25, -0.2) is 4.79 Å². The van der Waals surface area contributed by atoms with E-state index in [2.05, 4.69) is 11.9 Å². The van der Waals surface area contributed by atoms with Crippen molar-refractivity contribution in [2.45, 2.75) is 0 Å². The lowest BCUT2D eigenvalue weighted by atomic mass is 10.1. The van der Waals surface area contributed by atoms with Gasteiger partial charge in [0.05, 0.1) is 14.2 Å². The summed E-state index contributed by atoms with van der Waals surface area (Å²) < 4.78 is 15.7. The van der Waals surface area contributed by atoms with Crippen LogP contribution in [0.2, 0.25) is 0 Å². The van der Waals surface area contributed by atoms with Crippen LogP contribution < -0.4 is 19.5 Å². The maximum Gasteiger partial charge on any atom is 0.336 e. The van der Waals surface area contributed by atoms with Crippen molar-refractivity contribution in [1.82, 2.24) is 5.32 Å². The number of benzene rings is 2. The number of nitrogens with zero attached hydrogens (tertiary/aromatic N) is 1. The number of esters is 1. The van der Waals surface area contributed by atoms with Crippen LogP contribution in [0.5, 0.6) is 17.2 Å². The number of rotatable bonds is 9. The van der Waals surface area contributed by atoms with Crippen molar-refractivity contribution in [3.63, 3.8) is 0 Å². The molecule has 0 saturated heterocycles. The molecule has 0 unspecified atom stereocenters. The second kappa shape index (κ2) is 11.6. The standard InChI is InChI=1S/C24H22N2O5/c1-4-13-26-24(28)19(16-25)14-18-7-11-21(22(15-18)30-3)31-23(27)12-8-17-5-9-20(29-2)10-6-17/h4-12,14-15H,1,13H2,2-3H3,(H,26,28)/b12-8+,19-14-. The van der Waals surface area contributed by atoms with Gasteiger partial charge < -0.3 is 19.5 Å². The molecule has 158 valence electrons. The highest BCUT2D eigenvalue weighted by Crippen LogP contribution is 2.29. The Morgan fingerprint density at radius 3 is 2.39 bits per heavy atom. The van der Waals surface area contributed by atoms with Crippen LogP contribution in [0.3, 0.4) is 0 Å². The first-order valence-electron chi connectivity index (χ1n) is 9.23. The van der Waals surface area contributed by atoms with Crippen LogP contribution in [0, 0.1) is 11.3 Å². The lowest BCUT2D eigenvalue weighted by Crippen LogP contribution is -2.24. The highest BCUT2D eigenvalue weighted by molar-refractivity contribution is 6.01. The minimum atomic E-state index is -0.584. The van der Waals surface area contributed by atoms with Crippen LogP contribution in [0.1, 0.15) is 11.1 Å². The molecule has 0 heterocycles. The van der Waals surface area contributed by atoms with Crippen LogP contribution in [0.25, 0.3) is 12.2 Å². The number of amides is 1. The minimum Gasteiger partial charge on any atom is -0.497 e. The summed E-state index contributed by atoms with van der Waals surface area (Å²) >= 11 is 0. The van der Waals surface area contributed by atoms with Crippen molar-refractivity contribution in [1.29, 1.82) is 5.26 Å². The van der Waals surface area contributed by atoms with Crippen LogP contribution in [0.15, 0.2) is 66.8 Å². The van der Waals surface area contributed by atoms with Gasteiger partial charge in [-0.15, -0.1) is 6.58 Å². The molecule has 0 aliphatic carbocycles. The van der Waals surface area contributed by atoms with E-state index in [1.807, 2.05) is 18.2 Å². The van der Waals surface area contributed by atoms with Gasteiger partial charge in [-0.3, -0.25) is 4.79 Å². The molecule has 31 heavy (non-hydrogen) atoms. The molecule has 7 nitrogen and oxygen atoms in total. The molecule has 2 aromatic rings. The summed E-state index contributed by atoms with van der Waals surface area (Å²) in [5, 5.41) is 11.8. The molecule has 0 aliphatic rings. The van der Waals surface area contributed by atoms with Crippen molar-refractivity contribution in [3.05, 3.63) is 77.9 Å². The van der Waals surface area contributed by atoms with Gasteiger partial charge in [0, 0.05) is 12.6 Å². The SMILES string of the molecule is C=CCNC(=O)/C(C#N)=C\c1ccc(OC(=O)/C=C/c2ccc(OC)cc2)c(OC)c1. The number of hydrogen-bond donors (Lipinski definition) is 1. The topological polar surface area (TPSA) is 97.7 Å². The van der Waals surface area contributed by atoms with E-state index < -0.39 is 11.9 Å². The maximum absolute atomic E-state index is 12.2. The molecule has 1 N–H and O–H groups in total. The zero-order chi connectivity index (χ0) is 22.6. The van der Waals surface area contributed by atoms with Gasteiger partial charge in [-0.2, -0.15) is 5.26 Å². The average molecular weight is 418 g/mol. The smallest absolute Gasteiger partial charge is 0.336 e. The fraction of sp³-hybridized carbons (Fsp3) is 0.125. The molecule has 0 bridgehead atoms. The van der Waals surface area contributed by atoms with Gasteiger partial charge in [0.1, 0.15) is 17.4 Å². The minimum absolute atomic E-state index is 0.0731. The Hall–Kier alpha value is -4.31. The lowest BCUT2D eigenvalue weighted by molar-refractivity contribution is -0.129. The molecule has 0 spiro atoms. The average Bonchev–Trinajstić information content (AvgIpc) is 2.80. The first kappa shape index (κ1) is 23.0. The number of methoxy groups -OCH3 is 2. The largest absolute Gasteiger partial charge is 0.497 e. The fourth-order valence-electron chi connectivity index (χ4n) is 2.46. The Balaban J connectivity index is 2.13. The van der Waals surface area contributed by atoms with Gasteiger partial charge >= 0.3 is 5.97 Å². The number of carbonyl (C=O) groups is 2. The van der Waals surface area contributed by atoms with E-state index in [9.17, 15) is 14.9 Å². The Labute approximate surface area is 180 Å². The van der Waals surface area contributed by atoms with E-state index in [0.29, 0.717) is 5.56 Å². The highest BCUT2D eigenvalue weighted by Gasteiger charge is 2.11. The molecular weight excluding hydrogens is 396 g/mol. The molecule has 1 amide bonds. The maximum atomic E-state index is 12.2. The van der Waals surface area contributed by atoms with Crippen molar-refractivity contribution in [3.8, 4) is 23.3 Å². The molecule has 2 rings (SSSR count). The van der Waals surface area contributed by atoms with E-state index in [-0.39, 0.29) is 23.6 Å². The number of nitriles is 1. The molecule has 0 fully saturated rings. The van der Waals surface area contributed by atoms with Crippen molar-refractivity contribution >= 4 is 24.0 Å². The zero-order valence-corrected chi connectivity index (χ0v) is 17.3. The summed E-state index contributed by atoms with van der Waals surface area (Å²) in [7, 11) is 3.00. The Morgan fingerprint density at radius 2 is 1.77 bits per heavy atom. The summed E-state index contributed by atoms with van der Waals surface area (Å²) in [6.07, 6.45) is 5.84. The van der Waals surface area contributed by atoms with E-state index in [1.165, 1.54) is 31.4 Å². The fourth-order valence-corrected chi connectivity index (χ4v) is 2.46. The number of nitrogens with one attached hydrogen (secondary N) is 1. The number of carbonyl (C=O) groups excluding carboxylic acids is 2. The quantitative estimate of drug-likeness (QED) is 0.220. The third kappa shape index (κ3) is 6.91. The summed E-state index contributed by atoms with van der Waals surface area (Å²) in [4.78, 5) is 24.1. The molecule has 0 radical (unpaired) electrons. The first-order chi connectivity index (χ1) is 15.0. The van der Waals surface area contributed by atoms with E-state index >= 15 is 0 Å². The van der Waals surface area contributed by atoms with Crippen molar-refractivity contribution in [2.75, 3.05) is 20.8 Å². The summed E-state index contributed by atoms with van der Waals surface area (Å²) in [6.45, 7) is 3.76. The van der Waals surface area contributed by atoms with Gasteiger partial charge in [0.2, 0.25) is 0 Å². The van der Waals surface area contributed by atoms with Crippen molar-refractivity contribution in [2.24, 2.45) is 0 Å². The predicted octanol–water partition coefficient (Wildman–Crippen LogP) is 3.53. The molecule has 7 heteroatoms. The normalized spacial score (nSPS) is 10.8. The van der Waals surface area contributed by atoms with E-state index in [4.69, 9.17) is 14.2 Å². The van der Waals surface area contributed by atoms with E-state index in [1.54, 1.807) is 37.5 Å². The van der Waals surface area contributed by atoms with E-state index in [0.717, 1.165) is 11.3 Å². The third-order valence-electron chi connectivity index (χ3n) is 4.01. The van der Waals surface area contributed by atoms with Crippen LogP contribution >= 0.6 is 0 Å². The van der Waals surface area contributed by atoms with Gasteiger partial charge in [-0.05, 0) is 47.5 Å². The van der Waals surface area contributed by atoms with Crippen LogP contribution in [-0.4, -0.2) is 32.6 Å². The molecule has 0 aromatic heterocycles. The monoisotopic (exact) mass is 418 g/mol. The van der Waals surface area contributed by atoms with Gasteiger partial charge in [0.15, 0.2) is 11.5 Å². The third-order valence-corrected chi connectivity index (χ3v) is 4.01. The summed E-state index contributed by atoms with van der Waals surface area (Å²) in [6, 6.07) is 13.7. The lowest BCUT2D eigenvalue weighted by Gasteiger charge is -2.09. The van der Waals surface area contributed by atoms with Crippen LogP contribution in [-0.2, 0) is 9.59 Å². The molecule has 0 saturated carbocycles. The van der Waals surface area contributed by atoms with Gasteiger partial charge in [0.25, 0.3) is 5.91 Å². The first-order valence-corrected chi connectivity index (χ1v) is 9.23. The van der Waals surface area contributed by atoms with Gasteiger partial charge in [-0.1, -0.05) is 24.3 Å². The second-order valence-electron chi connectivity index (χ2n) is 6.11. The number of ether oxygens (including phenoxy) is 3. The molecule has 0 aliphatic heterocycles. The summed E-state index contributed by atoms with van der Waals surface area (Å²) in [5.74, 6) is 0.109. The second-order valence-corrected chi connectivity index (χ2v) is 6.11. The van der Waals surface area contributed by atoms with Crippen LogP contribution in [0.4, 0.5) is 0 Å². The molecule has 0 atom stereocenters. The Bertz CT molecular complexity index is 1050.